The number of benzene rings is 6. The Morgan fingerprint density at radius 3 is 2.16 bits per heavy atom. The van der Waals surface area contributed by atoms with Gasteiger partial charge in [0.2, 0.25) is 0 Å². The van der Waals surface area contributed by atoms with Gasteiger partial charge in [-0.1, -0.05) is 78.3 Å². The highest BCUT2D eigenvalue weighted by molar-refractivity contribution is 6.31. The maximum Gasteiger partial charge on any atom is 0.136 e. The van der Waals surface area contributed by atoms with Gasteiger partial charge in [-0.15, -0.1) is 0 Å². The minimum atomic E-state index is 0.734. The first-order valence-electron chi connectivity index (χ1n) is 12.4. The summed E-state index contributed by atoms with van der Waals surface area (Å²) < 4.78 is 8.52. The van der Waals surface area contributed by atoms with E-state index in [4.69, 9.17) is 16.0 Å². The Hall–Kier alpha value is -4.53. The summed E-state index contributed by atoms with van der Waals surface area (Å²) in [6, 6.07) is 42.6. The Labute approximate surface area is 217 Å². The number of hydrogen-bond acceptors (Lipinski definition) is 1. The average Bonchev–Trinajstić information content (AvgIpc) is 3.48. The summed E-state index contributed by atoms with van der Waals surface area (Å²) in [4.78, 5) is 0. The van der Waals surface area contributed by atoms with E-state index in [1.807, 2.05) is 12.1 Å². The van der Waals surface area contributed by atoms with Crippen molar-refractivity contribution in [2.45, 2.75) is 0 Å². The van der Waals surface area contributed by atoms with E-state index in [0.717, 1.165) is 38.3 Å². The van der Waals surface area contributed by atoms with Crippen molar-refractivity contribution < 1.29 is 4.42 Å². The monoisotopic (exact) mass is 493 g/mol. The van der Waals surface area contributed by atoms with Crippen LogP contribution in [0.15, 0.2) is 126 Å². The molecule has 0 aliphatic carbocycles. The third-order valence-corrected chi connectivity index (χ3v) is 7.67. The average molecular weight is 494 g/mol. The van der Waals surface area contributed by atoms with Gasteiger partial charge in [-0.2, -0.15) is 0 Å². The molecule has 0 amide bonds. The number of aromatic nitrogens is 1. The molecule has 2 aromatic heterocycles. The van der Waals surface area contributed by atoms with E-state index in [-0.39, 0.29) is 0 Å². The topological polar surface area (TPSA) is 18.1 Å². The molecule has 3 heteroatoms. The van der Waals surface area contributed by atoms with Gasteiger partial charge in [-0.25, -0.2) is 0 Å². The lowest BCUT2D eigenvalue weighted by Gasteiger charge is -2.08. The van der Waals surface area contributed by atoms with E-state index in [0.29, 0.717) is 0 Å². The van der Waals surface area contributed by atoms with Gasteiger partial charge in [0.1, 0.15) is 11.2 Å². The zero-order valence-corrected chi connectivity index (χ0v) is 20.5. The first-order valence-corrected chi connectivity index (χ1v) is 12.8. The van der Waals surface area contributed by atoms with Crippen molar-refractivity contribution in [1.29, 1.82) is 0 Å². The molecule has 8 rings (SSSR count). The van der Waals surface area contributed by atoms with Crippen molar-refractivity contribution in [3.63, 3.8) is 0 Å². The predicted octanol–water partition coefficient (Wildman–Crippen LogP) is 10.2. The molecule has 0 N–H and O–H groups in total. The molecule has 0 aliphatic rings. The third-order valence-electron chi connectivity index (χ3n) is 7.44. The molecule has 2 heterocycles. The quantitative estimate of drug-likeness (QED) is 0.234. The molecule has 2 nitrogen and oxygen atoms in total. The van der Waals surface area contributed by atoms with Gasteiger partial charge in [-0.05, 0) is 76.5 Å². The maximum absolute atomic E-state index is 6.44. The Bertz CT molecular complexity index is 2150. The fourth-order valence-electron chi connectivity index (χ4n) is 5.76. The van der Waals surface area contributed by atoms with Crippen molar-refractivity contribution in [3.05, 3.63) is 126 Å². The molecule has 0 spiro atoms. The molecule has 0 saturated heterocycles. The zero-order valence-electron chi connectivity index (χ0n) is 19.8. The highest BCUT2D eigenvalue weighted by Crippen LogP contribution is 2.39. The summed E-state index contributed by atoms with van der Waals surface area (Å²) in [6.45, 7) is 0. The van der Waals surface area contributed by atoms with Crippen LogP contribution in [0.3, 0.4) is 0 Å². The smallest absolute Gasteiger partial charge is 0.136 e. The van der Waals surface area contributed by atoms with Crippen LogP contribution >= 0.6 is 11.6 Å². The third kappa shape index (κ3) is 3.06. The molecule has 0 bridgehead atoms. The molecule has 37 heavy (non-hydrogen) atoms. The molecule has 0 fully saturated rings. The molecule has 0 atom stereocenters. The number of para-hydroxylation sites is 1. The highest BCUT2D eigenvalue weighted by Gasteiger charge is 2.15. The Morgan fingerprint density at radius 1 is 0.514 bits per heavy atom. The Morgan fingerprint density at radius 2 is 1.27 bits per heavy atom. The van der Waals surface area contributed by atoms with Gasteiger partial charge >= 0.3 is 0 Å². The lowest BCUT2D eigenvalue weighted by molar-refractivity contribution is 0.669. The summed E-state index contributed by atoms with van der Waals surface area (Å²) in [5.74, 6) is 0. The van der Waals surface area contributed by atoms with Gasteiger partial charge in [0, 0.05) is 32.3 Å². The van der Waals surface area contributed by atoms with Gasteiger partial charge in [0.05, 0.1) is 11.0 Å². The molecule has 0 radical (unpaired) electrons. The predicted molar refractivity (Wildman–Crippen MR) is 156 cm³/mol. The van der Waals surface area contributed by atoms with Crippen LogP contribution in [-0.4, -0.2) is 4.57 Å². The fourth-order valence-corrected chi connectivity index (χ4v) is 5.92. The standard InChI is InChI=1S/C34H20ClNO/c35-24-13-14-27-28-18-22(10-15-30(28)36(31(27)20-24)25-7-2-1-3-8-25)23-12-16-32-29(19-23)34-26-9-5-4-6-21(26)11-17-33(34)37-32/h1-20H. The number of hydrogen-bond donors (Lipinski definition) is 0. The van der Waals surface area contributed by atoms with Crippen LogP contribution in [0.5, 0.6) is 0 Å². The van der Waals surface area contributed by atoms with Crippen molar-refractivity contribution >= 4 is 66.1 Å². The summed E-state index contributed by atoms with van der Waals surface area (Å²) in [5, 5.41) is 7.87. The van der Waals surface area contributed by atoms with Gasteiger partial charge in [0.25, 0.3) is 0 Å². The van der Waals surface area contributed by atoms with Crippen LogP contribution in [0.2, 0.25) is 5.02 Å². The van der Waals surface area contributed by atoms with E-state index in [1.165, 1.54) is 38.1 Å². The number of nitrogens with zero attached hydrogens (tertiary/aromatic N) is 1. The van der Waals surface area contributed by atoms with E-state index < -0.39 is 0 Å². The second-order valence-electron chi connectivity index (χ2n) is 9.54. The normalized spacial score (nSPS) is 11.9. The second kappa shape index (κ2) is 7.73. The lowest BCUT2D eigenvalue weighted by Crippen LogP contribution is -1.93. The molecular weight excluding hydrogens is 474 g/mol. The van der Waals surface area contributed by atoms with E-state index in [9.17, 15) is 0 Å². The van der Waals surface area contributed by atoms with E-state index >= 15 is 0 Å². The van der Waals surface area contributed by atoms with Crippen molar-refractivity contribution in [3.8, 4) is 16.8 Å². The van der Waals surface area contributed by atoms with Gasteiger partial charge < -0.3 is 8.98 Å². The summed E-state index contributed by atoms with van der Waals surface area (Å²) in [5.41, 5.74) is 7.55. The molecular formula is C34H20ClNO. The van der Waals surface area contributed by atoms with Crippen LogP contribution in [-0.2, 0) is 0 Å². The number of rotatable bonds is 2. The zero-order chi connectivity index (χ0) is 24.5. The highest BCUT2D eigenvalue weighted by atomic mass is 35.5. The first kappa shape index (κ1) is 20.6. The number of fused-ring (bicyclic) bond motifs is 8. The van der Waals surface area contributed by atoms with Crippen LogP contribution in [0, 0.1) is 0 Å². The summed E-state index contributed by atoms with van der Waals surface area (Å²) in [6.07, 6.45) is 0. The number of furan rings is 1. The largest absolute Gasteiger partial charge is 0.456 e. The van der Waals surface area contributed by atoms with Crippen LogP contribution in [0.25, 0.3) is 71.3 Å². The van der Waals surface area contributed by atoms with Crippen LogP contribution < -0.4 is 0 Å². The summed E-state index contributed by atoms with van der Waals surface area (Å²) >= 11 is 6.44. The van der Waals surface area contributed by atoms with Crippen LogP contribution in [0.1, 0.15) is 0 Å². The minimum absolute atomic E-state index is 0.734. The van der Waals surface area contributed by atoms with Crippen molar-refractivity contribution in [2.24, 2.45) is 0 Å². The minimum Gasteiger partial charge on any atom is -0.456 e. The lowest BCUT2D eigenvalue weighted by atomic mass is 9.99. The van der Waals surface area contributed by atoms with Crippen LogP contribution in [0.4, 0.5) is 0 Å². The van der Waals surface area contributed by atoms with Crippen molar-refractivity contribution in [2.75, 3.05) is 0 Å². The Balaban J connectivity index is 1.39. The SMILES string of the molecule is Clc1ccc2c3cc(-c4ccc5oc6ccc7ccccc7c6c5c4)ccc3n(-c3ccccc3)c2c1. The van der Waals surface area contributed by atoms with E-state index in [2.05, 4.69) is 114 Å². The molecule has 0 unspecified atom stereocenters. The number of halogens is 1. The molecule has 0 saturated carbocycles. The van der Waals surface area contributed by atoms with Crippen molar-refractivity contribution in [1.82, 2.24) is 4.57 Å². The van der Waals surface area contributed by atoms with E-state index in [1.54, 1.807) is 0 Å². The molecule has 8 aromatic rings. The Kier molecular flexibility index (Phi) is 4.31. The molecule has 174 valence electrons. The molecule has 6 aromatic carbocycles. The second-order valence-corrected chi connectivity index (χ2v) is 9.97. The summed E-state index contributed by atoms with van der Waals surface area (Å²) in [7, 11) is 0. The molecule has 0 aliphatic heterocycles. The maximum atomic E-state index is 6.44. The van der Waals surface area contributed by atoms with Gasteiger partial charge in [-0.3, -0.25) is 0 Å². The first-order chi connectivity index (χ1) is 18.2. The fraction of sp³-hybridized carbons (Fsp3) is 0. The van der Waals surface area contributed by atoms with Gasteiger partial charge in [0.15, 0.2) is 0 Å².